The first-order valence-corrected chi connectivity index (χ1v) is 8.77. The van der Waals surface area contributed by atoms with Crippen LogP contribution in [-0.4, -0.2) is 31.5 Å². The van der Waals surface area contributed by atoms with Crippen LogP contribution in [0.1, 0.15) is 47.0 Å². The van der Waals surface area contributed by atoms with E-state index in [1.807, 2.05) is 20.8 Å². The van der Waals surface area contributed by atoms with E-state index in [-0.39, 0.29) is 0 Å². The Morgan fingerprint density at radius 1 is 1.19 bits per heavy atom. The fourth-order valence-corrected chi connectivity index (χ4v) is 1.93. The number of nitrogens with zero attached hydrogens (tertiary/aromatic N) is 3. The molecular weight excluding hydrogens is 336 g/mol. The van der Waals surface area contributed by atoms with Gasteiger partial charge in [-0.05, 0) is 57.3 Å². The number of rotatable bonds is 10. The number of unbranched alkanes of at least 4 members (excludes halogenated alkanes) is 1. The van der Waals surface area contributed by atoms with Gasteiger partial charge in [0.05, 0.1) is 13.2 Å². The predicted octanol–water partition coefficient (Wildman–Crippen LogP) is 5.10. The minimum Gasteiger partial charge on any atom is -0.490 e. The molecular formula is C18H28N4O4. The van der Waals surface area contributed by atoms with Gasteiger partial charge in [0.15, 0.2) is 11.5 Å². The highest BCUT2D eigenvalue weighted by atomic mass is 16.6. The van der Waals surface area contributed by atoms with Crippen LogP contribution in [0, 0.1) is 0 Å². The molecule has 0 unspecified atom stereocenters. The first kappa shape index (κ1) is 21.4. The van der Waals surface area contributed by atoms with Crippen molar-refractivity contribution < 1.29 is 19.0 Å². The van der Waals surface area contributed by atoms with Gasteiger partial charge in [-0.3, -0.25) is 0 Å². The third kappa shape index (κ3) is 9.03. The molecule has 8 nitrogen and oxygen atoms in total. The van der Waals surface area contributed by atoms with Crippen molar-refractivity contribution in [2.24, 2.45) is 5.11 Å². The number of benzene rings is 1. The molecule has 0 fully saturated rings. The molecule has 0 atom stereocenters. The van der Waals surface area contributed by atoms with Crippen molar-refractivity contribution in [1.29, 1.82) is 0 Å². The minimum atomic E-state index is -0.521. The second-order valence-corrected chi connectivity index (χ2v) is 6.65. The molecule has 1 aromatic rings. The molecule has 26 heavy (non-hydrogen) atoms. The fraction of sp³-hybridized carbons (Fsp3) is 0.611. The van der Waals surface area contributed by atoms with Crippen LogP contribution >= 0.6 is 0 Å². The van der Waals surface area contributed by atoms with E-state index < -0.39 is 11.7 Å². The summed E-state index contributed by atoms with van der Waals surface area (Å²) in [5, 5.41) is 6.25. The molecule has 1 N–H and O–H groups in total. The quantitative estimate of drug-likeness (QED) is 0.270. The summed E-state index contributed by atoms with van der Waals surface area (Å²) in [5.74, 6) is 1.12. The fourth-order valence-electron chi connectivity index (χ4n) is 1.93. The van der Waals surface area contributed by atoms with Crippen molar-refractivity contribution >= 4 is 11.8 Å². The molecule has 0 aliphatic heterocycles. The Labute approximate surface area is 154 Å². The lowest BCUT2D eigenvalue weighted by atomic mass is 10.2. The average Bonchev–Trinajstić information content (AvgIpc) is 2.55. The van der Waals surface area contributed by atoms with Gasteiger partial charge in [-0.2, -0.15) is 0 Å². The van der Waals surface area contributed by atoms with E-state index in [0.29, 0.717) is 43.4 Å². The lowest BCUT2D eigenvalue weighted by molar-refractivity contribution is 0.0525. The molecule has 0 saturated carbocycles. The van der Waals surface area contributed by atoms with Gasteiger partial charge < -0.3 is 19.5 Å². The Morgan fingerprint density at radius 2 is 1.88 bits per heavy atom. The smallest absolute Gasteiger partial charge is 0.407 e. The molecule has 0 radical (unpaired) electrons. The molecule has 1 aromatic carbocycles. The Morgan fingerprint density at radius 3 is 2.54 bits per heavy atom. The van der Waals surface area contributed by atoms with Crippen LogP contribution in [0.25, 0.3) is 10.4 Å². The standard InChI is InChI=1S/C18H28N4O4/c1-5-6-11-24-15-9-8-14(21-22-19)13-16(15)25-12-7-10-20-17(23)26-18(2,3)4/h8-9,13H,5-7,10-12H2,1-4H3,(H,20,23). The van der Waals surface area contributed by atoms with Crippen LogP contribution in [0.3, 0.4) is 0 Å². The Bertz CT molecular complexity index is 622. The third-order valence-electron chi connectivity index (χ3n) is 3.09. The van der Waals surface area contributed by atoms with E-state index in [9.17, 15) is 4.79 Å². The van der Waals surface area contributed by atoms with Crippen molar-refractivity contribution in [2.45, 2.75) is 52.6 Å². The second-order valence-electron chi connectivity index (χ2n) is 6.65. The van der Waals surface area contributed by atoms with E-state index in [1.165, 1.54) is 0 Å². The van der Waals surface area contributed by atoms with Crippen LogP contribution in [0.4, 0.5) is 10.5 Å². The van der Waals surface area contributed by atoms with Crippen molar-refractivity contribution in [3.63, 3.8) is 0 Å². The number of ether oxygens (including phenoxy) is 3. The molecule has 0 aliphatic carbocycles. The van der Waals surface area contributed by atoms with Crippen LogP contribution in [-0.2, 0) is 4.74 Å². The zero-order valence-electron chi connectivity index (χ0n) is 15.9. The van der Waals surface area contributed by atoms with Crippen LogP contribution in [0.5, 0.6) is 11.5 Å². The maximum atomic E-state index is 11.6. The average molecular weight is 364 g/mol. The number of nitrogens with one attached hydrogen (secondary N) is 1. The van der Waals surface area contributed by atoms with Crippen LogP contribution < -0.4 is 14.8 Å². The van der Waals surface area contributed by atoms with Crippen molar-refractivity contribution in [3.05, 3.63) is 28.6 Å². The molecule has 144 valence electrons. The predicted molar refractivity (Wildman–Crippen MR) is 100.0 cm³/mol. The number of carbonyl (C=O) groups is 1. The number of amides is 1. The summed E-state index contributed by atoms with van der Waals surface area (Å²) in [6.45, 7) is 8.92. The minimum absolute atomic E-state index is 0.375. The van der Waals surface area contributed by atoms with Crippen LogP contribution in [0.2, 0.25) is 0 Å². The van der Waals surface area contributed by atoms with Gasteiger partial charge in [0.1, 0.15) is 5.60 Å². The summed E-state index contributed by atoms with van der Waals surface area (Å²) in [5.41, 5.74) is 8.50. The SMILES string of the molecule is CCCCOc1ccc(N=[N+]=[N-])cc1OCCCNC(=O)OC(C)(C)C. The van der Waals surface area contributed by atoms with E-state index in [2.05, 4.69) is 22.3 Å². The van der Waals surface area contributed by atoms with Gasteiger partial charge >= 0.3 is 6.09 Å². The Balaban J connectivity index is 2.51. The lowest BCUT2D eigenvalue weighted by Crippen LogP contribution is -2.33. The van der Waals surface area contributed by atoms with Gasteiger partial charge in [0.2, 0.25) is 0 Å². The number of alkyl carbamates (subject to hydrolysis) is 1. The largest absolute Gasteiger partial charge is 0.490 e. The second kappa shape index (κ2) is 11.1. The van der Waals surface area contributed by atoms with Gasteiger partial charge in [-0.15, -0.1) is 0 Å². The topological polar surface area (TPSA) is 106 Å². The molecule has 1 amide bonds. The highest BCUT2D eigenvalue weighted by Crippen LogP contribution is 2.32. The molecule has 0 bridgehead atoms. The van der Waals surface area contributed by atoms with Crippen molar-refractivity contribution in [1.82, 2.24) is 5.32 Å². The summed E-state index contributed by atoms with van der Waals surface area (Å²) in [6.07, 6.45) is 2.12. The van der Waals surface area contributed by atoms with Crippen molar-refractivity contribution in [3.8, 4) is 11.5 Å². The maximum absolute atomic E-state index is 11.6. The zero-order chi connectivity index (χ0) is 19.4. The number of azide groups is 1. The number of hydrogen-bond acceptors (Lipinski definition) is 5. The summed E-state index contributed by atoms with van der Waals surface area (Å²) in [6, 6.07) is 5.05. The molecule has 0 spiro atoms. The molecule has 0 heterocycles. The lowest BCUT2D eigenvalue weighted by Gasteiger charge is -2.19. The monoisotopic (exact) mass is 364 g/mol. The molecule has 0 saturated heterocycles. The zero-order valence-corrected chi connectivity index (χ0v) is 15.9. The number of hydrogen-bond donors (Lipinski definition) is 1. The first-order valence-electron chi connectivity index (χ1n) is 8.77. The van der Waals surface area contributed by atoms with Gasteiger partial charge in [0.25, 0.3) is 0 Å². The summed E-state index contributed by atoms with van der Waals surface area (Å²) in [7, 11) is 0. The van der Waals surface area contributed by atoms with Gasteiger partial charge in [0, 0.05) is 17.1 Å². The van der Waals surface area contributed by atoms with E-state index in [1.54, 1.807) is 18.2 Å². The Kier molecular flexibility index (Phi) is 9.15. The highest BCUT2D eigenvalue weighted by Gasteiger charge is 2.15. The van der Waals surface area contributed by atoms with Crippen molar-refractivity contribution in [2.75, 3.05) is 19.8 Å². The molecule has 0 aliphatic rings. The van der Waals surface area contributed by atoms with Gasteiger partial charge in [-0.1, -0.05) is 18.5 Å². The third-order valence-corrected chi connectivity index (χ3v) is 3.09. The van der Waals surface area contributed by atoms with E-state index >= 15 is 0 Å². The molecule has 1 rings (SSSR count). The summed E-state index contributed by atoms with van der Waals surface area (Å²) < 4.78 is 16.6. The maximum Gasteiger partial charge on any atom is 0.407 e. The van der Waals surface area contributed by atoms with Crippen LogP contribution in [0.15, 0.2) is 23.3 Å². The molecule has 0 aromatic heterocycles. The highest BCUT2D eigenvalue weighted by molar-refractivity contribution is 5.67. The van der Waals surface area contributed by atoms with Gasteiger partial charge in [-0.25, -0.2) is 4.79 Å². The Hall–Kier alpha value is -2.60. The first-order chi connectivity index (χ1) is 12.4. The van der Waals surface area contributed by atoms with E-state index in [4.69, 9.17) is 19.7 Å². The summed E-state index contributed by atoms with van der Waals surface area (Å²) in [4.78, 5) is 14.3. The normalized spacial score (nSPS) is 10.6. The van der Waals surface area contributed by atoms with E-state index in [0.717, 1.165) is 12.8 Å². The summed E-state index contributed by atoms with van der Waals surface area (Å²) >= 11 is 0. The number of carbonyl (C=O) groups excluding carboxylic acids is 1. The molecule has 8 heteroatoms.